The Morgan fingerprint density at radius 2 is 2.24 bits per heavy atom. The molecule has 0 aromatic carbocycles. The number of alkyl carbamates (subject to hydrolysis) is 1. The zero-order valence-corrected chi connectivity index (χ0v) is 14.0. The van der Waals surface area contributed by atoms with Gasteiger partial charge in [-0.3, -0.25) is 0 Å². The zero-order valence-electron chi connectivity index (χ0n) is 13.2. The lowest BCUT2D eigenvalue weighted by Gasteiger charge is -2.22. The number of rotatable bonds is 6. The Morgan fingerprint density at radius 3 is 2.76 bits per heavy atom. The number of nitrogens with zero attached hydrogens (tertiary/aromatic N) is 1. The zero-order chi connectivity index (χ0) is 15.5. The molecule has 1 aromatic heterocycles. The first-order chi connectivity index (χ1) is 9.85. The normalized spacial score (nSPS) is 16.6. The highest BCUT2D eigenvalue weighted by Gasteiger charge is 2.31. The van der Waals surface area contributed by atoms with Gasteiger partial charge in [-0.05, 0) is 46.5 Å². The molecule has 1 aliphatic carbocycles. The Kier molecular flexibility index (Phi) is 5.22. The van der Waals surface area contributed by atoms with Crippen LogP contribution in [0.25, 0.3) is 0 Å². The molecule has 0 spiro atoms. The number of ether oxygens (including phenoxy) is 1. The standard InChI is InChI=1S/C15H25N3O2S/c1-10-13(21-9-18-10)8-16-12(11-5-6-11)7-17-14(19)20-15(2,3)4/h9,11-12,16H,5-8H2,1-4H3,(H,17,19). The van der Waals surface area contributed by atoms with Gasteiger partial charge in [-0.2, -0.15) is 0 Å². The van der Waals surface area contributed by atoms with Crippen molar-refractivity contribution >= 4 is 17.4 Å². The number of hydrogen-bond donors (Lipinski definition) is 2. The van der Waals surface area contributed by atoms with E-state index in [9.17, 15) is 4.79 Å². The highest BCUT2D eigenvalue weighted by Crippen LogP contribution is 2.32. The summed E-state index contributed by atoms with van der Waals surface area (Å²) in [5.74, 6) is 0.660. The maximum Gasteiger partial charge on any atom is 0.407 e. The summed E-state index contributed by atoms with van der Waals surface area (Å²) in [6.07, 6.45) is 2.12. The van der Waals surface area contributed by atoms with Crippen molar-refractivity contribution in [1.82, 2.24) is 15.6 Å². The van der Waals surface area contributed by atoms with E-state index in [-0.39, 0.29) is 6.09 Å². The number of aryl methyl sites for hydroxylation is 1. The molecular formula is C15H25N3O2S. The first-order valence-electron chi connectivity index (χ1n) is 7.44. The molecule has 1 atom stereocenters. The largest absolute Gasteiger partial charge is 0.444 e. The van der Waals surface area contributed by atoms with E-state index in [2.05, 4.69) is 15.6 Å². The third-order valence-corrected chi connectivity index (χ3v) is 4.36. The number of hydrogen-bond acceptors (Lipinski definition) is 5. The molecule has 0 aliphatic heterocycles. The van der Waals surface area contributed by atoms with Crippen LogP contribution in [0.2, 0.25) is 0 Å². The van der Waals surface area contributed by atoms with Gasteiger partial charge < -0.3 is 15.4 Å². The second-order valence-corrected chi connectivity index (χ2v) is 7.51. The monoisotopic (exact) mass is 311 g/mol. The van der Waals surface area contributed by atoms with Crippen molar-refractivity contribution in [3.63, 3.8) is 0 Å². The van der Waals surface area contributed by atoms with Crippen molar-refractivity contribution < 1.29 is 9.53 Å². The molecule has 6 heteroatoms. The van der Waals surface area contributed by atoms with Gasteiger partial charge in [-0.15, -0.1) is 11.3 Å². The molecule has 1 unspecified atom stereocenters. The molecule has 0 radical (unpaired) electrons. The summed E-state index contributed by atoms with van der Waals surface area (Å²) in [6, 6.07) is 0.305. The minimum atomic E-state index is -0.452. The summed E-state index contributed by atoms with van der Waals surface area (Å²) in [5, 5.41) is 6.41. The van der Waals surface area contributed by atoms with E-state index < -0.39 is 5.60 Å². The minimum Gasteiger partial charge on any atom is -0.444 e. The number of thiazole rings is 1. The molecule has 0 bridgehead atoms. The summed E-state index contributed by atoms with van der Waals surface area (Å²) in [6.45, 7) is 9.06. The highest BCUT2D eigenvalue weighted by molar-refractivity contribution is 7.09. The summed E-state index contributed by atoms with van der Waals surface area (Å²) in [5.41, 5.74) is 2.51. The summed E-state index contributed by atoms with van der Waals surface area (Å²) in [7, 11) is 0. The van der Waals surface area contributed by atoms with Crippen molar-refractivity contribution in [2.75, 3.05) is 6.54 Å². The Balaban J connectivity index is 1.77. The van der Waals surface area contributed by atoms with Gasteiger partial charge in [0.15, 0.2) is 0 Å². The number of carbonyl (C=O) groups excluding carboxylic acids is 1. The van der Waals surface area contributed by atoms with Crippen molar-refractivity contribution in [1.29, 1.82) is 0 Å². The van der Waals surface area contributed by atoms with Crippen LogP contribution in [0.4, 0.5) is 4.79 Å². The molecule has 118 valence electrons. The molecule has 21 heavy (non-hydrogen) atoms. The molecule has 1 fully saturated rings. The van der Waals surface area contributed by atoms with Gasteiger partial charge in [0.1, 0.15) is 5.60 Å². The summed E-state index contributed by atoms with van der Waals surface area (Å²) >= 11 is 1.67. The van der Waals surface area contributed by atoms with E-state index in [1.54, 1.807) is 11.3 Å². The van der Waals surface area contributed by atoms with Crippen LogP contribution in [0.15, 0.2) is 5.51 Å². The van der Waals surface area contributed by atoms with E-state index in [0.29, 0.717) is 18.5 Å². The predicted octanol–water partition coefficient (Wildman–Crippen LogP) is 2.84. The lowest BCUT2D eigenvalue weighted by atomic mass is 10.2. The molecule has 2 rings (SSSR count). The van der Waals surface area contributed by atoms with E-state index in [1.165, 1.54) is 17.7 Å². The quantitative estimate of drug-likeness (QED) is 0.848. The number of nitrogens with one attached hydrogen (secondary N) is 2. The van der Waals surface area contributed by atoms with Gasteiger partial charge in [0.2, 0.25) is 0 Å². The molecule has 1 aliphatic rings. The minimum absolute atomic E-state index is 0.305. The Bertz CT molecular complexity index is 478. The second kappa shape index (κ2) is 6.75. The lowest BCUT2D eigenvalue weighted by Crippen LogP contribution is -2.43. The summed E-state index contributed by atoms with van der Waals surface area (Å²) in [4.78, 5) is 17.2. The van der Waals surface area contributed by atoms with Gasteiger partial charge in [0.05, 0.1) is 11.2 Å². The molecule has 2 N–H and O–H groups in total. The van der Waals surface area contributed by atoms with Crippen LogP contribution in [0, 0.1) is 12.8 Å². The van der Waals surface area contributed by atoms with Gasteiger partial charge >= 0.3 is 6.09 Å². The second-order valence-electron chi connectivity index (χ2n) is 6.57. The topological polar surface area (TPSA) is 63.2 Å². The fraction of sp³-hybridized carbons (Fsp3) is 0.733. The van der Waals surface area contributed by atoms with Gasteiger partial charge in [-0.1, -0.05) is 0 Å². The Hall–Kier alpha value is -1.14. The van der Waals surface area contributed by atoms with Crippen molar-refractivity contribution in [3.8, 4) is 0 Å². The molecule has 5 nitrogen and oxygen atoms in total. The molecule has 1 amide bonds. The molecule has 1 heterocycles. The number of amides is 1. The summed E-state index contributed by atoms with van der Waals surface area (Å²) < 4.78 is 5.27. The average Bonchev–Trinajstić information content (AvgIpc) is 3.11. The lowest BCUT2D eigenvalue weighted by molar-refractivity contribution is 0.0521. The smallest absolute Gasteiger partial charge is 0.407 e. The van der Waals surface area contributed by atoms with Crippen LogP contribution in [0.5, 0.6) is 0 Å². The Morgan fingerprint density at radius 1 is 1.52 bits per heavy atom. The van der Waals surface area contributed by atoms with E-state index in [0.717, 1.165) is 12.2 Å². The van der Waals surface area contributed by atoms with Crippen LogP contribution in [0.1, 0.15) is 44.2 Å². The van der Waals surface area contributed by atoms with Crippen LogP contribution in [0.3, 0.4) is 0 Å². The third-order valence-electron chi connectivity index (χ3n) is 3.43. The van der Waals surface area contributed by atoms with Gasteiger partial charge in [0.25, 0.3) is 0 Å². The third kappa shape index (κ3) is 5.63. The predicted molar refractivity (Wildman–Crippen MR) is 84.4 cm³/mol. The van der Waals surface area contributed by atoms with E-state index in [1.807, 2.05) is 33.2 Å². The first kappa shape index (κ1) is 16.2. The molecular weight excluding hydrogens is 286 g/mol. The van der Waals surface area contributed by atoms with Crippen molar-refractivity contribution in [2.24, 2.45) is 5.92 Å². The SMILES string of the molecule is Cc1ncsc1CNC(CNC(=O)OC(C)(C)C)C1CC1. The Labute approximate surface area is 130 Å². The van der Waals surface area contributed by atoms with E-state index >= 15 is 0 Å². The van der Waals surface area contributed by atoms with Crippen molar-refractivity contribution in [2.45, 2.75) is 58.7 Å². The highest BCUT2D eigenvalue weighted by atomic mass is 32.1. The van der Waals surface area contributed by atoms with Gasteiger partial charge in [0, 0.05) is 24.0 Å². The van der Waals surface area contributed by atoms with Crippen LogP contribution in [-0.2, 0) is 11.3 Å². The van der Waals surface area contributed by atoms with Crippen LogP contribution in [-0.4, -0.2) is 29.3 Å². The first-order valence-corrected chi connectivity index (χ1v) is 8.32. The fourth-order valence-electron chi connectivity index (χ4n) is 2.13. The van der Waals surface area contributed by atoms with Crippen LogP contribution < -0.4 is 10.6 Å². The van der Waals surface area contributed by atoms with Gasteiger partial charge in [-0.25, -0.2) is 9.78 Å². The fourth-order valence-corrected chi connectivity index (χ4v) is 2.86. The van der Waals surface area contributed by atoms with Crippen molar-refractivity contribution in [3.05, 3.63) is 16.1 Å². The number of aromatic nitrogens is 1. The molecule has 1 aromatic rings. The van der Waals surface area contributed by atoms with E-state index in [4.69, 9.17) is 4.74 Å². The van der Waals surface area contributed by atoms with Crippen LogP contribution >= 0.6 is 11.3 Å². The maximum absolute atomic E-state index is 11.7. The maximum atomic E-state index is 11.7. The average molecular weight is 311 g/mol. The number of carbonyl (C=O) groups is 1. The molecule has 1 saturated carbocycles. The molecule has 0 saturated heterocycles.